The summed E-state index contributed by atoms with van der Waals surface area (Å²) in [6, 6.07) is 8.50. The molecular weight excluding hydrogens is 630 g/mol. The molecular formula is C23H27BrFN8O7P. The Balaban J connectivity index is 1.62. The Bertz CT molecular complexity index is 1510. The predicted molar refractivity (Wildman–Crippen MR) is 145 cm³/mol. The van der Waals surface area contributed by atoms with Gasteiger partial charge in [0.05, 0.1) is 19.4 Å². The van der Waals surface area contributed by atoms with Crippen molar-refractivity contribution in [2.24, 2.45) is 0 Å². The molecule has 2 aromatic heterocycles. The number of para-hydroxylation sites is 1. The number of benzene rings is 1. The summed E-state index contributed by atoms with van der Waals surface area (Å²) in [6.45, 7) is 2.58. The minimum atomic E-state index is -4.40. The molecule has 18 heteroatoms. The number of hydrogen-bond acceptors (Lipinski definition) is 13. The van der Waals surface area contributed by atoms with E-state index in [1.54, 1.807) is 24.3 Å². The number of aliphatic hydroxyl groups excluding tert-OH is 1. The Morgan fingerprint density at radius 2 is 2.12 bits per heavy atom. The Morgan fingerprint density at radius 1 is 1.41 bits per heavy atom. The molecule has 41 heavy (non-hydrogen) atoms. The second kappa shape index (κ2) is 11.8. The lowest BCUT2D eigenvalue weighted by Gasteiger charge is -2.28. The molecule has 0 saturated carbocycles. The van der Waals surface area contributed by atoms with Crippen LogP contribution in [0, 0.1) is 11.3 Å². The summed E-state index contributed by atoms with van der Waals surface area (Å²) in [5.74, 6) is -1.04. The molecule has 0 spiro atoms. The number of ether oxygens (including phenoxy) is 2. The lowest BCUT2D eigenvalue weighted by molar-refractivity contribution is -0.145. The number of rotatable bonds is 11. The van der Waals surface area contributed by atoms with Crippen molar-refractivity contribution in [2.75, 3.05) is 24.7 Å². The average Bonchev–Trinajstić information content (AvgIpc) is 3.44. The minimum Gasteiger partial charge on any atom is -0.465 e. The van der Waals surface area contributed by atoms with Crippen LogP contribution < -0.4 is 21.1 Å². The monoisotopic (exact) mass is 656 g/mol. The zero-order valence-corrected chi connectivity index (χ0v) is 24.3. The van der Waals surface area contributed by atoms with Gasteiger partial charge in [-0.3, -0.25) is 9.32 Å². The summed E-state index contributed by atoms with van der Waals surface area (Å²) in [5.41, 5.74) is 8.61. The number of aliphatic hydroxyl groups is 1. The fourth-order valence-electron chi connectivity index (χ4n) is 3.99. The lowest BCUT2D eigenvalue weighted by atomic mass is 9.94. The number of alkyl halides is 2. The summed E-state index contributed by atoms with van der Waals surface area (Å²) in [7, 11) is -4.40. The van der Waals surface area contributed by atoms with Crippen LogP contribution in [0.5, 0.6) is 5.75 Å². The van der Waals surface area contributed by atoms with Gasteiger partial charge in [-0.1, -0.05) is 25.1 Å². The van der Waals surface area contributed by atoms with Gasteiger partial charge in [-0.25, -0.2) is 18.5 Å². The number of nitrogen functional groups attached to an aromatic ring is 2. The summed E-state index contributed by atoms with van der Waals surface area (Å²) in [5, 5.41) is 27.5. The number of hydrogen-bond donors (Lipinski definition) is 4. The van der Waals surface area contributed by atoms with Crippen molar-refractivity contribution in [2.45, 2.75) is 48.7 Å². The maximum atomic E-state index is 16.2. The van der Waals surface area contributed by atoms with Crippen molar-refractivity contribution in [3.05, 3.63) is 42.2 Å². The quantitative estimate of drug-likeness (QED) is 0.132. The van der Waals surface area contributed by atoms with E-state index in [9.17, 15) is 19.7 Å². The topological polar surface area (TPSA) is 222 Å². The van der Waals surface area contributed by atoms with Crippen LogP contribution in [0.4, 0.5) is 16.2 Å². The van der Waals surface area contributed by atoms with Crippen molar-refractivity contribution in [1.82, 2.24) is 24.7 Å². The first kappa shape index (κ1) is 30.6. The number of carbonyl (C=O) groups is 1. The molecule has 3 heterocycles. The number of nitriles is 1. The normalized spacial score (nSPS) is 26.2. The highest BCUT2D eigenvalue weighted by Crippen LogP contribution is 2.54. The van der Waals surface area contributed by atoms with Gasteiger partial charge in [-0.2, -0.15) is 15.3 Å². The minimum absolute atomic E-state index is 0.0428. The Kier molecular flexibility index (Phi) is 8.83. The zero-order valence-electron chi connectivity index (χ0n) is 21.8. The van der Waals surface area contributed by atoms with E-state index in [0.29, 0.717) is 6.42 Å². The number of carbonyl (C=O) groups excluding carboxylic acids is 1. The van der Waals surface area contributed by atoms with Gasteiger partial charge in [0.15, 0.2) is 11.5 Å². The van der Waals surface area contributed by atoms with Crippen LogP contribution in [0.1, 0.15) is 26.0 Å². The molecule has 3 aromatic rings. The van der Waals surface area contributed by atoms with Crippen LogP contribution in [-0.4, -0.2) is 66.7 Å². The van der Waals surface area contributed by atoms with Crippen molar-refractivity contribution in [3.63, 3.8) is 0 Å². The maximum Gasteiger partial charge on any atom is 0.459 e. The van der Waals surface area contributed by atoms with Crippen LogP contribution >= 0.6 is 23.7 Å². The van der Waals surface area contributed by atoms with Gasteiger partial charge >= 0.3 is 13.7 Å². The van der Waals surface area contributed by atoms with E-state index in [-0.39, 0.29) is 35.5 Å². The second-order valence-corrected chi connectivity index (χ2v) is 11.8. The largest absolute Gasteiger partial charge is 0.465 e. The molecule has 0 radical (unpaired) electrons. The molecule has 0 bridgehead atoms. The highest BCUT2D eigenvalue weighted by molar-refractivity contribution is 9.10. The van der Waals surface area contributed by atoms with E-state index in [0.717, 1.165) is 10.7 Å². The maximum absolute atomic E-state index is 16.2. The molecule has 1 fully saturated rings. The third kappa shape index (κ3) is 5.85. The van der Waals surface area contributed by atoms with Gasteiger partial charge in [-0.05, 0) is 41.4 Å². The number of halogens is 2. The SMILES string of the molecule is CCCOC(=O)[C@H](C)NP(=O)(OC[C@H]1O[C@@](C#N)(c2cnc3c(N)nc(N)nn23)[C@@](F)(Br)C1O)Oc1ccccc1. The van der Waals surface area contributed by atoms with Crippen molar-refractivity contribution in [3.8, 4) is 11.8 Å². The van der Waals surface area contributed by atoms with Gasteiger partial charge in [-0.15, -0.1) is 5.10 Å². The van der Waals surface area contributed by atoms with Crippen LogP contribution in [0.3, 0.4) is 0 Å². The Hall–Kier alpha value is -3.39. The predicted octanol–water partition coefficient (Wildman–Crippen LogP) is 1.96. The smallest absolute Gasteiger partial charge is 0.459 e. The van der Waals surface area contributed by atoms with E-state index in [1.165, 1.54) is 19.1 Å². The van der Waals surface area contributed by atoms with Gasteiger partial charge in [0.1, 0.15) is 35.8 Å². The third-order valence-corrected chi connectivity index (χ3v) is 8.65. The van der Waals surface area contributed by atoms with Crippen LogP contribution in [-0.2, 0) is 29.0 Å². The van der Waals surface area contributed by atoms with Crippen LogP contribution in [0.2, 0.25) is 0 Å². The van der Waals surface area contributed by atoms with E-state index < -0.39 is 48.8 Å². The molecule has 6 atom stereocenters. The number of imidazole rings is 1. The molecule has 220 valence electrons. The molecule has 4 rings (SSSR count). The van der Waals surface area contributed by atoms with Gasteiger partial charge in [0.2, 0.25) is 16.1 Å². The molecule has 0 aliphatic carbocycles. The van der Waals surface area contributed by atoms with Crippen molar-refractivity contribution < 1.29 is 37.4 Å². The summed E-state index contributed by atoms with van der Waals surface area (Å²) < 4.78 is 49.9. The highest BCUT2D eigenvalue weighted by Gasteiger charge is 2.69. The molecule has 15 nitrogen and oxygen atoms in total. The number of fused-ring (bicyclic) bond motifs is 1. The second-order valence-electron chi connectivity index (χ2n) is 8.97. The standard InChI is InChI=1S/C23H27BrFN8O7P/c1-3-9-37-20(35)13(2)32-41(36,40-14-7-5-4-6-8-14)38-11-15-17(34)23(24,25)22(12-26,39-15)16-10-29-19-18(27)30-21(28)31-33(16)19/h4-8,10,13,15,17,34H,3,9,11H2,1-2H3,(H,32,36)(H4,27,28,30,31)/t13-,15+,17?,22-,23+,41?/m0/s1. The van der Waals surface area contributed by atoms with Crippen molar-refractivity contribution >= 4 is 47.1 Å². The number of anilines is 2. The van der Waals surface area contributed by atoms with Gasteiger partial charge in [0, 0.05) is 0 Å². The first-order valence-electron chi connectivity index (χ1n) is 12.2. The van der Waals surface area contributed by atoms with E-state index >= 15 is 4.39 Å². The third-order valence-electron chi connectivity index (χ3n) is 5.98. The molecule has 6 N–H and O–H groups in total. The van der Waals surface area contributed by atoms with E-state index in [2.05, 4.69) is 36.1 Å². The van der Waals surface area contributed by atoms with Gasteiger partial charge in [0.25, 0.3) is 0 Å². The van der Waals surface area contributed by atoms with E-state index in [1.807, 2.05) is 6.92 Å². The lowest BCUT2D eigenvalue weighted by Crippen LogP contribution is -2.46. The number of nitrogens with two attached hydrogens (primary N) is 2. The van der Waals surface area contributed by atoms with Crippen LogP contribution in [0.15, 0.2) is 36.5 Å². The number of nitrogens with zero attached hydrogens (tertiary/aromatic N) is 5. The van der Waals surface area contributed by atoms with Gasteiger partial charge < -0.3 is 30.6 Å². The molecule has 2 unspecified atom stereocenters. The number of esters is 1. The molecule has 0 amide bonds. The molecule has 1 aromatic carbocycles. The van der Waals surface area contributed by atoms with Crippen molar-refractivity contribution in [1.29, 1.82) is 5.26 Å². The number of aromatic nitrogens is 4. The average molecular weight is 657 g/mol. The zero-order chi connectivity index (χ0) is 30.0. The fraction of sp³-hybridized carbons (Fsp3) is 0.435. The number of nitrogens with one attached hydrogen (secondary N) is 1. The summed E-state index contributed by atoms with van der Waals surface area (Å²) in [6.07, 6.45) is -2.01. The molecule has 1 saturated heterocycles. The summed E-state index contributed by atoms with van der Waals surface area (Å²) >= 11 is 2.79. The Morgan fingerprint density at radius 3 is 2.78 bits per heavy atom. The fourth-order valence-corrected chi connectivity index (χ4v) is 6.17. The van der Waals surface area contributed by atoms with E-state index in [4.69, 9.17) is 30.0 Å². The first-order valence-corrected chi connectivity index (χ1v) is 14.6. The highest BCUT2D eigenvalue weighted by atomic mass is 79.9. The molecule has 1 aliphatic rings. The Labute approximate surface area is 241 Å². The van der Waals surface area contributed by atoms with Crippen LogP contribution in [0.25, 0.3) is 5.65 Å². The first-order chi connectivity index (χ1) is 19.4. The molecule has 1 aliphatic heterocycles. The summed E-state index contributed by atoms with van der Waals surface area (Å²) in [4.78, 5) is 20.1.